The van der Waals surface area contributed by atoms with Crippen molar-refractivity contribution in [2.75, 3.05) is 28.2 Å². The van der Waals surface area contributed by atoms with Crippen molar-refractivity contribution < 1.29 is 19.1 Å². The van der Waals surface area contributed by atoms with E-state index in [9.17, 15) is 9.59 Å². The number of ether oxygens (including phenoxy) is 2. The zero-order valence-corrected chi connectivity index (χ0v) is 21.2. The second kappa shape index (κ2) is 13.0. The van der Waals surface area contributed by atoms with Gasteiger partial charge < -0.3 is 19.3 Å². The van der Waals surface area contributed by atoms with Crippen molar-refractivity contribution in [2.24, 2.45) is 0 Å². The van der Waals surface area contributed by atoms with Gasteiger partial charge in [-0.1, -0.05) is 48.5 Å². The van der Waals surface area contributed by atoms with Crippen LogP contribution in [0, 0.1) is 0 Å². The molecular weight excluding hydrogens is 452 g/mol. The Morgan fingerprint density at radius 1 is 0.639 bits per heavy atom. The summed E-state index contributed by atoms with van der Waals surface area (Å²) in [6.07, 6.45) is 6.52. The minimum absolute atomic E-state index is 0.0709. The van der Waals surface area contributed by atoms with Crippen LogP contribution >= 0.6 is 0 Å². The van der Waals surface area contributed by atoms with E-state index in [1.165, 1.54) is 12.2 Å². The van der Waals surface area contributed by atoms with Crippen molar-refractivity contribution in [1.82, 2.24) is 9.80 Å². The van der Waals surface area contributed by atoms with Gasteiger partial charge >= 0.3 is 0 Å². The minimum Gasteiger partial charge on any atom is -0.489 e. The number of rotatable bonds is 12. The standard InChI is InChI=1S/C30H32N2O4/c1-31(2)17-15-29(33)25-7-5-9-27(19-25)35-21-23-11-13-24(14-12-23)22-36-28-10-6-8-26(20-28)30(34)16-18-32(3)4/h5-20H,21-22H2,1-4H3/b17-15+,18-16+. The summed E-state index contributed by atoms with van der Waals surface area (Å²) < 4.78 is 11.8. The van der Waals surface area contributed by atoms with E-state index in [1.807, 2.05) is 86.5 Å². The van der Waals surface area contributed by atoms with Gasteiger partial charge in [0.25, 0.3) is 0 Å². The number of ketones is 2. The molecule has 0 bridgehead atoms. The van der Waals surface area contributed by atoms with Crippen LogP contribution in [0.1, 0.15) is 31.8 Å². The third-order valence-electron chi connectivity index (χ3n) is 5.12. The van der Waals surface area contributed by atoms with E-state index in [2.05, 4.69) is 0 Å². The minimum atomic E-state index is -0.0709. The molecule has 186 valence electrons. The molecule has 0 aromatic heterocycles. The quantitative estimate of drug-likeness (QED) is 0.255. The number of benzene rings is 3. The fraction of sp³-hybridized carbons (Fsp3) is 0.200. The molecule has 0 N–H and O–H groups in total. The maximum Gasteiger partial charge on any atom is 0.187 e. The van der Waals surface area contributed by atoms with Gasteiger partial charge in [0.05, 0.1) is 0 Å². The van der Waals surface area contributed by atoms with Gasteiger partial charge in [-0.15, -0.1) is 0 Å². The van der Waals surface area contributed by atoms with Gasteiger partial charge in [-0.2, -0.15) is 0 Å². The fourth-order valence-corrected chi connectivity index (χ4v) is 3.17. The first-order valence-electron chi connectivity index (χ1n) is 11.6. The van der Waals surface area contributed by atoms with Crippen LogP contribution < -0.4 is 9.47 Å². The Bertz CT molecular complexity index is 1130. The number of hydrogen-bond acceptors (Lipinski definition) is 6. The SMILES string of the molecule is CN(C)/C=C/C(=O)c1cccc(OCc2ccc(COc3cccc(C(=O)/C=C/N(C)C)c3)cc2)c1. The summed E-state index contributed by atoms with van der Waals surface area (Å²) in [5, 5.41) is 0. The van der Waals surface area contributed by atoms with Crippen LogP contribution in [0.25, 0.3) is 0 Å². The van der Waals surface area contributed by atoms with E-state index in [0.29, 0.717) is 35.8 Å². The molecule has 6 nitrogen and oxygen atoms in total. The van der Waals surface area contributed by atoms with Crippen LogP contribution in [0.4, 0.5) is 0 Å². The second-order valence-corrected chi connectivity index (χ2v) is 8.74. The van der Waals surface area contributed by atoms with Crippen molar-refractivity contribution in [3.63, 3.8) is 0 Å². The monoisotopic (exact) mass is 484 g/mol. The molecular formula is C30H32N2O4. The largest absolute Gasteiger partial charge is 0.489 e. The van der Waals surface area contributed by atoms with Gasteiger partial charge in [0.1, 0.15) is 24.7 Å². The Kier molecular flexibility index (Phi) is 9.46. The molecule has 0 saturated carbocycles. The summed E-state index contributed by atoms with van der Waals surface area (Å²) in [7, 11) is 7.47. The van der Waals surface area contributed by atoms with Crippen LogP contribution in [0.15, 0.2) is 97.3 Å². The summed E-state index contributed by atoms with van der Waals surface area (Å²) in [6, 6.07) is 22.3. The van der Waals surface area contributed by atoms with Crippen molar-refractivity contribution >= 4 is 11.6 Å². The normalized spacial score (nSPS) is 11.0. The number of allylic oxidation sites excluding steroid dienone is 2. The van der Waals surface area contributed by atoms with E-state index in [1.54, 1.807) is 36.7 Å². The predicted molar refractivity (Wildman–Crippen MR) is 142 cm³/mol. The highest BCUT2D eigenvalue weighted by Crippen LogP contribution is 2.18. The van der Waals surface area contributed by atoms with Gasteiger partial charge in [0.15, 0.2) is 11.6 Å². The molecule has 0 aliphatic carbocycles. The Balaban J connectivity index is 1.53. The molecule has 3 aromatic carbocycles. The fourth-order valence-electron chi connectivity index (χ4n) is 3.17. The summed E-state index contributed by atoms with van der Waals surface area (Å²) in [5.41, 5.74) is 3.17. The maximum atomic E-state index is 12.3. The lowest BCUT2D eigenvalue weighted by molar-refractivity contribution is 0.103. The summed E-state index contributed by atoms with van der Waals surface area (Å²) in [4.78, 5) is 28.2. The van der Waals surface area contributed by atoms with E-state index in [-0.39, 0.29) is 11.6 Å². The number of nitrogens with zero attached hydrogens (tertiary/aromatic N) is 2. The molecule has 0 fully saturated rings. The molecule has 0 spiro atoms. The predicted octanol–water partition coefficient (Wildman–Crippen LogP) is 5.36. The van der Waals surface area contributed by atoms with Gasteiger partial charge in [0, 0.05) is 63.9 Å². The average Bonchev–Trinajstić information content (AvgIpc) is 2.88. The molecule has 6 heteroatoms. The lowest BCUT2D eigenvalue weighted by Gasteiger charge is -2.10. The molecule has 0 heterocycles. The first-order chi connectivity index (χ1) is 17.3. The maximum absolute atomic E-state index is 12.3. The molecule has 3 aromatic rings. The van der Waals surface area contributed by atoms with E-state index >= 15 is 0 Å². The van der Waals surface area contributed by atoms with Crippen molar-refractivity contribution in [1.29, 1.82) is 0 Å². The van der Waals surface area contributed by atoms with Crippen molar-refractivity contribution in [3.05, 3.63) is 120 Å². The van der Waals surface area contributed by atoms with E-state index in [4.69, 9.17) is 9.47 Å². The van der Waals surface area contributed by atoms with Crippen molar-refractivity contribution in [2.45, 2.75) is 13.2 Å². The highest BCUT2D eigenvalue weighted by atomic mass is 16.5. The van der Waals surface area contributed by atoms with Crippen LogP contribution in [0.5, 0.6) is 11.5 Å². The third kappa shape index (κ3) is 8.47. The molecule has 0 amide bonds. The Morgan fingerprint density at radius 2 is 1.03 bits per heavy atom. The van der Waals surface area contributed by atoms with Crippen LogP contribution in [-0.4, -0.2) is 49.6 Å². The second-order valence-electron chi connectivity index (χ2n) is 8.74. The van der Waals surface area contributed by atoms with Gasteiger partial charge in [0.2, 0.25) is 0 Å². The molecule has 0 atom stereocenters. The molecule has 3 rings (SSSR count). The smallest absolute Gasteiger partial charge is 0.187 e. The Labute approximate surface area is 213 Å². The molecule has 36 heavy (non-hydrogen) atoms. The van der Waals surface area contributed by atoms with Gasteiger partial charge in [-0.25, -0.2) is 0 Å². The summed E-state index contributed by atoms with van der Waals surface area (Å²) in [5.74, 6) is 1.14. The first kappa shape index (κ1) is 26.3. The zero-order chi connectivity index (χ0) is 25.9. The first-order valence-corrected chi connectivity index (χ1v) is 11.6. The van der Waals surface area contributed by atoms with Crippen LogP contribution in [-0.2, 0) is 13.2 Å². The highest BCUT2D eigenvalue weighted by molar-refractivity contribution is 6.05. The third-order valence-corrected chi connectivity index (χ3v) is 5.12. The number of hydrogen-bond donors (Lipinski definition) is 0. The number of carbonyl (C=O) groups excluding carboxylic acids is 2. The van der Waals surface area contributed by atoms with Crippen LogP contribution in [0.3, 0.4) is 0 Å². The Morgan fingerprint density at radius 3 is 1.39 bits per heavy atom. The van der Waals surface area contributed by atoms with E-state index < -0.39 is 0 Å². The average molecular weight is 485 g/mol. The van der Waals surface area contributed by atoms with Crippen LogP contribution in [0.2, 0.25) is 0 Å². The molecule has 0 radical (unpaired) electrons. The molecule has 0 unspecified atom stereocenters. The lowest BCUT2D eigenvalue weighted by atomic mass is 10.1. The zero-order valence-electron chi connectivity index (χ0n) is 21.2. The molecule has 0 aliphatic heterocycles. The van der Waals surface area contributed by atoms with Gasteiger partial charge in [-0.3, -0.25) is 9.59 Å². The number of carbonyl (C=O) groups is 2. The van der Waals surface area contributed by atoms with Gasteiger partial charge in [-0.05, 0) is 35.4 Å². The molecule has 0 aliphatic rings. The van der Waals surface area contributed by atoms with E-state index in [0.717, 1.165) is 11.1 Å². The lowest BCUT2D eigenvalue weighted by Crippen LogP contribution is -2.03. The van der Waals surface area contributed by atoms with Crippen molar-refractivity contribution in [3.8, 4) is 11.5 Å². The Hall–Kier alpha value is -4.32. The topological polar surface area (TPSA) is 59.1 Å². The summed E-state index contributed by atoms with van der Waals surface area (Å²) >= 11 is 0. The molecule has 0 saturated heterocycles. The summed E-state index contributed by atoms with van der Waals surface area (Å²) in [6.45, 7) is 0.772. The highest BCUT2D eigenvalue weighted by Gasteiger charge is 2.06.